The molecule has 0 spiro atoms. The number of hydrogen-bond acceptors (Lipinski definition) is 4. The summed E-state index contributed by atoms with van der Waals surface area (Å²) < 4.78 is 44.3. The predicted octanol–water partition coefficient (Wildman–Crippen LogP) is 2.80. The average Bonchev–Trinajstić information content (AvgIpc) is 2.51. The first-order valence-corrected chi connectivity index (χ1v) is 6.35. The Bertz CT molecular complexity index is 715. The standard InChI is InChI=1S/C15H14F3NO3/c1-19-12-8-7-11(9-5-3-4-6-10(9)12)14(21,13(20)22-2)15(16,17)18/h3-8,19,21H,1-2H3. The third kappa shape index (κ3) is 2.27. The molecule has 0 aliphatic rings. The summed E-state index contributed by atoms with van der Waals surface area (Å²) in [4.78, 5) is 11.7. The zero-order valence-corrected chi connectivity index (χ0v) is 11.9. The highest BCUT2D eigenvalue weighted by Gasteiger charge is 2.62. The van der Waals surface area contributed by atoms with Gasteiger partial charge >= 0.3 is 12.1 Å². The van der Waals surface area contributed by atoms with Gasteiger partial charge < -0.3 is 15.2 Å². The number of carbonyl (C=O) groups excluding carboxylic acids is 1. The molecule has 0 bridgehead atoms. The fourth-order valence-corrected chi connectivity index (χ4v) is 2.36. The van der Waals surface area contributed by atoms with Crippen molar-refractivity contribution in [1.82, 2.24) is 0 Å². The summed E-state index contributed by atoms with van der Waals surface area (Å²) in [5.41, 5.74) is -3.72. The minimum atomic E-state index is -5.22. The van der Waals surface area contributed by atoms with Crippen LogP contribution in [0.5, 0.6) is 0 Å². The van der Waals surface area contributed by atoms with Gasteiger partial charge in [0.15, 0.2) is 0 Å². The largest absolute Gasteiger partial charge is 0.466 e. The quantitative estimate of drug-likeness (QED) is 0.856. The second-order valence-electron chi connectivity index (χ2n) is 4.66. The van der Waals surface area contributed by atoms with Gasteiger partial charge in [-0.15, -0.1) is 0 Å². The zero-order chi connectivity index (χ0) is 16.5. The molecule has 2 aromatic rings. The SMILES string of the molecule is CNc1ccc(C(O)(C(=O)OC)C(F)(F)F)c2ccccc12. The third-order valence-electron chi connectivity index (χ3n) is 3.47. The molecule has 0 saturated carbocycles. The fraction of sp³-hybridized carbons (Fsp3) is 0.267. The number of carbonyl (C=O) groups is 1. The molecular weight excluding hydrogens is 299 g/mol. The van der Waals surface area contributed by atoms with E-state index in [9.17, 15) is 23.1 Å². The van der Waals surface area contributed by atoms with E-state index in [1.807, 2.05) is 0 Å². The maximum absolute atomic E-state index is 13.4. The topological polar surface area (TPSA) is 58.6 Å². The molecule has 0 amide bonds. The lowest BCUT2D eigenvalue weighted by Gasteiger charge is -2.29. The molecule has 0 aliphatic heterocycles. The van der Waals surface area contributed by atoms with Crippen LogP contribution in [0.2, 0.25) is 0 Å². The van der Waals surface area contributed by atoms with Crippen LogP contribution in [-0.4, -0.2) is 31.4 Å². The summed E-state index contributed by atoms with van der Waals surface area (Å²) in [7, 11) is 2.42. The number of alkyl halides is 3. The zero-order valence-electron chi connectivity index (χ0n) is 11.9. The number of halogens is 3. The van der Waals surface area contributed by atoms with E-state index in [1.165, 1.54) is 18.2 Å². The summed E-state index contributed by atoms with van der Waals surface area (Å²) in [5.74, 6) is -1.78. The number of rotatable bonds is 3. The lowest BCUT2D eigenvalue weighted by atomic mass is 9.88. The van der Waals surface area contributed by atoms with Crippen LogP contribution in [0.1, 0.15) is 5.56 Å². The average molecular weight is 313 g/mol. The van der Waals surface area contributed by atoms with E-state index in [4.69, 9.17) is 0 Å². The summed E-state index contributed by atoms with van der Waals surface area (Å²) in [6.07, 6.45) is -5.22. The van der Waals surface area contributed by atoms with Crippen LogP contribution >= 0.6 is 0 Å². The molecule has 2 aromatic carbocycles. The minimum absolute atomic E-state index is 0.111. The van der Waals surface area contributed by atoms with Gasteiger partial charge in [0.25, 0.3) is 5.60 Å². The van der Waals surface area contributed by atoms with E-state index in [-0.39, 0.29) is 5.39 Å². The Labute approximate surface area is 124 Å². The highest BCUT2D eigenvalue weighted by molar-refractivity contribution is 5.99. The van der Waals surface area contributed by atoms with Crippen molar-refractivity contribution in [1.29, 1.82) is 0 Å². The maximum Gasteiger partial charge on any atom is 0.432 e. The van der Waals surface area contributed by atoms with E-state index in [1.54, 1.807) is 19.2 Å². The Morgan fingerprint density at radius 3 is 2.23 bits per heavy atom. The number of methoxy groups -OCH3 is 1. The molecule has 2 N–H and O–H groups in total. The molecule has 7 heteroatoms. The Morgan fingerprint density at radius 1 is 1.14 bits per heavy atom. The first kappa shape index (κ1) is 16.1. The van der Waals surface area contributed by atoms with Crippen LogP contribution in [0, 0.1) is 0 Å². The van der Waals surface area contributed by atoms with Crippen molar-refractivity contribution in [2.75, 3.05) is 19.5 Å². The lowest BCUT2D eigenvalue weighted by Crippen LogP contribution is -2.50. The molecule has 0 aromatic heterocycles. The smallest absolute Gasteiger partial charge is 0.432 e. The summed E-state index contributed by atoms with van der Waals surface area (Å²) in [6.45, 7) is 0. The van der Waals surface area contributed by atoms with Crippen LogP contribution in [0.25, 0.3) is 10.8 Å². The van der Waals surface area contributed by atoms with Crippen molar-refractivity contribution in [3.8, 4) is 0 Å². The second kappa shape index (κ2) is 5.49. The van der Waals surface area contributed by atoms with E-state index >= 15 is 0 Å². The van der Waals surface area contributed by atoms with E-state index in [2.05, 4.69) is 10.1 Å². The van der Waals surface area contributed by atoms with E-state index in [0.29, 0.717) is 11.1 Å². The first-order valence-electron chi connectivity index (χ1n) is 6.35. The van der Waals surface area contributed by atoms with Crippen molar-refractivity contribution in [3.05, 3.63) is 42.0 Å². The third-order valence-corrected chi connectivity index (χ3v) is 3.47. The van der Waals surface area contributed by atoms with Crippen LogP contribution in [0.4, 0.5) is 18.9 Å². The van der Waals surface area contributed by atoms with Gasteiger partial charge in [-0.1, -0.05) is 30.3 Å². The first-order chi connectivity index (χ1) is 10.3. The van der Waals surface area contributed by atoms with Gasteiger partial charge in [-0.05, 0) is 11.5 Å². The number of benzene rings is 2. The van der Waals surface area contributed by atoms with Gasteiger partial charge in [0, 0.05) is 23.7 Å². The molecule has 1 unspecified atom stereocenters. The van der Waals surface area contributed by atoms with Crippen molar-refractivity contribution >= 4 is 22.4 Å². The molecule has 0 heterocycles. The highest BCUT2D eigenvalue weighted by Crippen LogP contribution is 2.43. The number of fused-ring (bicyclic) bond motifs is 1. The van der Waals surface area contributed by atoms with Crippen LogP contribution in [0.15, 0.2) is 36.4 Å². The van der Waals surface area contributed by atoms with Gasteiger partial charge in [-0.2, -0.15) is 13.2 Å². The number of anilines is 1. The van der Waals surface area contributed by atoms with Gasteiger partial charge in [-0.25, -0.2) is 4.79 Å². The monoisotopic (exact) mass is 313 g/mol. The molecular formula is C15H14F3NO3. The number of ether oxygens (including phenoxy) is 1. The second-order valence-corrected chi connectivity index (χ2v) is 4.66. The van der Waals surface area contributed by atoms with Crippen molar-refractivity contribution in [2.45, 2.75) is 11.8 Å². The van der Waals surface area contributed by atoms with Crippen LogP contribution in [-0.2, 0) is 15.1 Å². The van der Waals surface area contributed by atoms with Crippen LogP contribution < -0.4 is 5.32 Å². The number of aliphatic hydroxyl groups is 1. The molecule has 0 radical (unpaired) electrons. The van der Waals surface area contributed by atoms with Gasteiger partial charge in [0.05, 0.1) is 7.11 Å². The molecule has 22 heavy (non-hydrogen) atoms. The number of hydrogen-bond donors (Lipinski definition) is 2. The van der Waals surface area contributed by atoms with Gasteiger partial charge in [0.1, 0.15) is 0 Å². The molecule has 0 saturated heterocycles. The van der Waals surface area contributed by atoms with Crippen LogP contribution in [0.3, 0.4) is 0 Å². The Hall–Kier alpha value is -2.28. The van der Waals surface area contributed by atoms with E-state index in [0.717, 1.165) is 13.2 Å². The van der Waals surface area contributed by atoms with Gasteiger partial charge in [0.2, 0.25) is 0 Å². The Morgan fingerprint density at radius 2 is 1.73 bits per heavy atom. The van der Waals surface area contributed by atoms with Crippen molar-refractivity contribution in [3.63, 3.8) is 0 Å². The Kier molecular flexibility index (Phi) is 4.02. The molecule has 0 aliphatic carbocycles. The molecule has 0 fully saturated rings. The van der Waals surface area contributed by atoms with Crippen molar-refractivity contribution in [2.24, 2.45) is 0 Å². The van der Waals surface area contributed by atoms with Gasteiger partial charge in [-0.3, -0.25) is 0 Å². The summed E-state index contributed by atoms with van der Waals surface area (Å²) >= 11 is 0. The molecule has 2 rings (SSSR count). The Balaban J connectivity index is 2.85. The highest BCUT2D eigenvalue weighted by atomic mass is 19.4. The summed E-state index contributed by atoms with van der Waals surface area (Å²) in [5, 5.41) is 13.5. The van der Waals surface area contributed by atoms with Crippen molar-refractivity contribution < 1.29 is 27.8 Å². The lowest BCUT2D eigenvalue weighted by molar-refractivity contribution is -0.266. The fourth-order valence-electron chi connectivity index (χ4n) is 2.36. The number of nitrogens with one attached hydrogen (secondary N) is 1. The minimum Gasteiger partial charge on any atom is -0.466 e. The molecule has 4 nitrogen and oxygen atoms in total. The maximum atomic E-state index is 13.4. The van der Waals surface area contributed by atoms with E-state index < -0.39 is 23.3 Å². The summed E-state index contributed by atoms with van der Waals surface area (Å²) in [6, 6.07) is 8.62. The normalized spacial score (nSPS) is 14.5. The molecule has 118 valence electrons. The molecule has 1 atom stereocenters. The predicted molar refractivity (Wildman–Crippen MR) is 75.5 cm³/mol. The number of esters is 1.